The molecule has 3 aromatic carbocycles. The minimum absolute atomic E-state index is 0.149. The molecule has 1 amide bonds. The second-order valence-corrected chi connectivity index (χ2v) is 8.61. The van der Waals surface area contributed by atoms with Crippen LogP contribution >= 0.6 is 0 Å². The number of fused-ring (bicyclic) bond motifs is 1. The van der Waals surface area contributed by atoms with Crippen LogP contribution in [0, 0.1) is 11.6 Å². The van der Waals surface area contributed by atoms with E-state index < -0.39 is 32.5 Å². The molecule has 168 valence electrons. The normalized spacial score (nSPS) is 11.2. The number of aromatic nitrogens is 1. The van der Waals surface area contributed by atoms with Crippen LogP contribution in [0.3, 0.4) is 0 Å². The van der Waals surface area contributed by atoms with Gasteiger partial charge in [0.05, 0.1) is 17.7 Å². The van der Waals surface area contributed by atoms with Crippen LogP contribution in [0.4, 0.5) is 20.2 Å². The van der Waals surface area contributed by atoms with E-state index in [0.29, 0.717) is 28.4 Å². The van der Waals surface area contributed by atoms with Gasteiger partial charge in [0.15, 0.2) is 11.6 Å². The first-order valence-electron chi connectivity index (χ1n) is 9.59. The van der Waals surface area contributed by atoms with Crippen molar-refractivity contribution in [3.63, 3.8) is 0 Å². The molecule has 0 spiro atoms. The first-order valence-corrected chi connectivity index (χ1v) is 11.1. The summed E-state index contributed by atoms with van der Waals surface area (Å²) in [5, 5.41) is 3.50. The second kappa shape index (κ2) is 8.83. The topological polar surface area (TPSA) is 97.4 Å². The molecule has 0 aliphatic rings. The fraction of sp³-hybridized carbons (Fsp3) is 0.0435. The molecule has 0 aliphatic carbocycles. The van der Waals surface area contributed by atoms with Crippen LogP contribution in [0.15, 0.2) is 77.8 Å². The first kappa shape index (κ1) is 22.2. The third-order valence-electron chi connectivity index (χ3n) is 4.80. The summed E-state index contributed by atoms with van der Waals surface area (Å²) < 4.78 is 58.8. The van der Waals surface area contributed by atoms with Gasteiger partial charge in [-0.15, -0.1) is 0 Å². The first-order chi connectivity index (χ1) is 15.8. The molecule has 0 fully saturated rings. The van der Waals surface area contributed by atoms with E-state index >= 15 is 0 Å². The van der Waals surface area contributed by atoms with Gasteiger partial charge >= 0.3 is 0 Å². The van der Waals surface area contributed by atoms with Crippen LogP contribution in [0.25, 0.3) is 10.9 Å². The summed E-state index contributed by atoms with van der Waals surface area (Å²) in [7, 11) is -2.61. The molecule has 0 saturated carbocycles. The lowest BCUT2D eigenvalue weighted by Crippen LogP contribution is -2.14. The standard InChI is InChI=1S/C23H17F2N3O4S/c1-32-21-11-10-20(17-3-2-12-26-22(17)21)27-23(29)14-4-6-15(7-5-14)28-33(30,31)16-8-9-18(24)19(25)13-16/h2-13,28H,1H3,(H,27,29). The zero-order chi connectivity index (χ0) is 23.6. The molecule has 0 aliphatic heterocycles. The third kappa shape index (κ3) is 4.60. The maximum absolute atomic E-state index is 13.4. The van der Waals surface area contributed by atoms with E-state index in [-0.39, 0.29) is 11.3 Å². The van der Waals surface area contributed by atoms with Crippen molar-refractivity contribution in [2.75, 3.05) is 17.1 Å². The van der Waals surface area contributed by atoms with Crippen molar-refractivity contribution in [3.8, 4) is 5.75 Å². The van der Waals surface area contributed by atoms with E-state index in [9.17, 15) is 22.0 Å². The summed E-state index contributed by atoms with van der Waals surface area (Å²) in [5.41, 5.74) is 1.56. The number of methoxy groups -OCH3 is 1. The lowest BCUT2D eigenvalue weighted by Gasteiger charge is -2.12. The number of nitrogens with one attached hydrogen (secondary N) is 2. The van der Waals surface area contributed by atoms with Gasteiger partial charge in [0, 0.05) is 22.8 Å². The molecule has 7 nitrogen and oxygen atoms in total. The van der Waals surface area contributed by atoms with Crippen molar-refractivity contribution in [2.45, 2.75) is 4.90 Å². The second-order valence-electron chi connectivity index (χ2n) is 6.93. The van der Waals surface area contributed by atoms with Gasteiger partial charge in [-0.25, -0.2) is 17.2 Å². The molecule has 4 rings (SSSR count). The number of pyridine rings is 1. The lowest BCUT2D eigenvalue weighted by atomic mass is 10.1. The van der Waals surface area contributed by atoms with E-state index in [1.165, 1.54) is 31.4 Å². The lowest BCUT2D eigenvalue weighted by molar-refractivity contribution is 0.102. The highest BCUT2D eigenvalue weighted by Gasteiger charge is 2.17. The Kier molecular flexibility index (Phi) is 5.93. The van der Waals surface area contributed by atoms with E-state index in [1.54, 1.807) is 30.5 Å². The third-order valence-corrected chi connectivity index (χ3v) is 6.18. The highest BCUT2D eigenvalue weighted by molar-refractivity contribution is 7.92. The largest absolute Gasteiger partial charge is 0.494 e. The van der Waals surface area contributed by atoms with Gasteiger partial charge in [-0.05, 0) is 66.7 Å². The number of nitrogens with zero attached hydrogens (tertiary/aromatic N) is 1. The van der Waals surface area contributed by atoms with Crippen LogP contribution in [0.5, 0.6) is 5.75 Å². The molecule has 4 aromatic rings. The van der Waals surface area contributed by atoms with Gasteiger partial charge in [0.2, 0.25) is 0 Å². The summed E-state index contributed by atoms with van der Waals surface area (Å²) in [5.74, 6) is -2.27. The number of anilines is 2. The molecule has 0 radical (unpaired) electrons. The summed E-state index contributed by atoms with van der Waals surface area (Å²) in [4.78, 5) is 16.6. The Morgan fingerprint density at radius 3 is 2.42 bits per heavy atom. The molecular formula is C23H17F2N3O4S. The molecule has 0 unspecified atom stereocenters. The van der Waals surface area contributed by atoms with E-state index in [0.717, 1.165) is 12.1 Å². The molecule has 0 saturated heterocycles. The number of halogens is 2. The Bertz CT molecular complexity index is 1460. The zero-order valence-electron chi connectivity index (χ0n) is 17.2. The zero-order valence-corrected chi connectivity index (χ0v) is 18.0. The number of hydrogen-bond acceptors (Lipinski definition) is 5. The van der Waals surface area contributed by atoms with Gasteiger partial charge in [-0.2, -0.15) is 0 Å². The number of carbonyl (C=O) groups is 1. The Hall–Kier alpha value is -4.05. The smallest absolute Gasteiger partial charge is 0.261 e. The Morgan fingerprint density at radius 2 is 1.73 bits per heavy atom. The Balaban J connectivity index is 1.52. The molecule has 0 atom stereocenters. The minimum atomic E-state index is -4.14. The molecule has 10 heteroatoms. The van der Waals surface area contributed by atoms with Crippen LogP contribution in [0.2, 0.25) is 0 Å². The van der Waals surface area contributed by atoms with Crippen LogP contribution < -0.4 is 14.8 Å². The van der Waals surface area contributed by atoms with Gasteiger partial charge in [0.25, 0.3) is 15.9 Å². The molecule has 0 bridgehead atoms. The van der Waals surface area contributed by atoms with E-state index in [4.69, 9.17) is 4.74 Å². The van der Waals surface area contributed by atoms with Crippen LogP contribution in [0.1, 0.15) is 10.4 Å². The highest BCUT2D eigenvalue weighted by atomic mass is 32.2. The predicted molar refractivity (Wildman–Crippen MR) is 120 cm³/mol. The molecule has 33 heavy (non-hydrogen) atoms. The number of amides is 1. The Morgan fingerprint density at radius 1 is 0.970 bits per heavy atom. The molecule has 1 aromatic heterocycles. The van der Waals surface area contributed by atoms with Crippen molar-refractivity contribution in [3.05, 3.63) is 90.1 Å². The van der Waals surface area contributed by atoms with Crippen molar-refractivity contribution in [2.24, 2.45) is 0 Å². The number of benzene rings is 3. The summed E-state index contributed by atoms with van der Waals surface area (Å²) in [6.45, 7) is 0. The summed E-state index contributed by atoms with van der Waals surface area (Å²) in [6, 6.07) is 14.9. The SMILES string of the molecule is COc1ccc(NC(=O)c2ccc(NS(=O)(=O)c3ccc(F)c(F)c3)cc2)c2cccnc12. The number of rotatable bonds is 6. The summed E-state index contributed by atoms with van der Waals surface area (Å²) >= 11 is 0. The maximum Gasteiger partial charge on any atom is 0.261 e. The van der Waals surface area contributed by atoms with E-state index in [1.807, 2.05) is 0 Å². The van der Waals surface area contributed by atoms with Crippen molar-refractivity contribution >= 4 is 38.2 Å². The fourth-order valence-corrected chi connectivity index (χ4v) is 4.23. The molecule has 2 N–H and O–H groups in total. The van der Waals surface area contributed by atoms with Crippen molar-refractivity contribution in [1.82, 2.24) is 4.98 Å². The average Bonchev–Trinajstić information content (AvgIpc) is 2.81. The highest BCUT2D eigenvalue weighted by Crippen LogP contribution is 2.30. The number of ether oxygens (including phenoxy) is 1. The van der Waals surface area contributed by atoms with E-state index in [2.05, 4.69) is 15.0 Å². The van der Waals surface area contributed by atoms with Gasteiger partial charge in [-0.3, -0.25) is 14.5 Å². The van der Waals surface area contributed by atoms with Crippen LogP contribution in [-0.2, 0) is 10.0 Å². The average molecular weight is 469 g/mol. The maximum atomic E-state index is 13.4. The number of sulfonamides is 1. The summed E-state index contributed by atoms with van der Waals surface area (Å²) in [6.07, 6.45) is 1.62. The monoisotopic (exact) mass is 469 g/mol. The Labute approximate surface area is 188 Å². The molecular weight excluding hydrogens is 452 g/mol. The predicted octanol–water partition coefficient (Wildman–Crippen LogP) is 4.57. The number of hydrogen-bond donors (Lipinski definition) is 2. The van der Waals surface area contributed by atoms with Crippen molar-refractivity contribution in [1.29, 1.82) is 0 Å². The fourth-order valence-electron chi connectivity index (χ4n) is 3.16. The van der Waals surface area contributed by atoms with Crippen LogP contribution in [-0.4, -0.2) is 26.4 Å². The number of carbonyl (C=O) groups excluding carboxylic acids is 1. The quantitative estimate of drug-likeness (QED) is 0.431. The van der Waals surface area contributed by atoms with Crippen molar-refractivity contribution < 1.29 is 26.7 Å². The molecule has 1 heterocycles. The minimum Gasteiger partial charge on any atom is -0.494 e. The van der Waals surface area contributed by atoms with Gasteiger partial charge in [-0.1, -0.05) is 0 Å². The van der Waals surface area contributed by atoms with Gasteiger partial charge < -0.3 is 10.1 Å². The van der Waals surface area contributed by atoms with Gasteiger partial charge in [0.1, 0.15) is 11.3 Å².